The van der Waals surface area contributed by atoms with Crippen molar-refractivity contribution >= 4 is 5.97 Å². The summed E-state index contributed by atoms with van der Waals surface area (Å²) in [5.41, 5.74) is 0. The van der Waals surface area contributed by atoms with Crippen molar-refractivity contribution in [2.24, 2.45) is 0 Å². The van der Waals surface area contributed by atoms with Crippen molar-refractivity contribution in [3.8, 4) is 0 Å². The number of esters is 1. The van der Waals surface area contributed by atoms with Crippen LogP contribution in [0.2, 0.25) is 0 Å². The molecule has 0 fully saturated rings. The maximum Gasteiger partial charge on any atom is 0.330 e. The van der Waals surface area contributed by atoms with Crippen molar-refractivity contribution in [1.82, 2.24) is 0 Å². The summed E-state index contributed by atoms with van der Waals surface area (Å²) in [6.07, 6.45) is 31.2. The number of ether oxygens (including phenoxy) is 1. The highest BCUT2D eigenvalue weighted by molar-refractivity contribution is 5.82. The fraction of sp³-hybridized carbons (Fsp3) is 0.522. The van der Waals surface area contributed by atoms with Gasteiger partial charge in [0.1, 0.15) is 0 Å². The van der Waals surface area contributed by atoms with Crippen molar-refractivity contribution in [2.45, 2.75) is 71.6 Å². The molecular formula is C23H36O2. The molecule has 0 amide bonds. The Hall–Kier alpha value is -1.83. The van der Waals surface area contributed by atoms with Gasteiger partial charge < -0.3 is 4.74 Å². The Morgan fingerprint density at radius 1 is 0.680 bits per heavy atom. The predicted molar refractivity (Wildman–Crippen MR) is 110 cm³/mol. The average molecular weight is 345 g/mol. The van der Waals surface area contributed by atoms with E-state index in [1.54, 1.807) is 19.1 Å². The van der Waals surface area contributed by atoms with Crippen molar-refractivity contribution in [3.05, 3.63) is 60.8 Å². The first kappa shape index (κ1) is 23.2. The van der Waals surface area contributed by atoms with Crippen molar-refractivity contribution < 1.29 is 9.53 Å². The smallest absolute Gasteiger partial charge is 0.330 e. The van der Waals surface area contributed by atoms with Crippen LogP contribution in [0.1, 0.15) is 71.6 Å². The van der Waals surface area contributed by atoms with Gasteiger partial charge in [-0.15, -0.1) is 0 Å². The summed E-state index contributed by atoms with van der Waals surface area (Å²) in [4.78, 5) is 11.0. The third kappa shape index (κ3) is 20.1. The Morgan fingerprint density at radius 2 is 1.20 bits per heavy atom. The van der Waals surface area contributed by atoms with Crippen LogP contribution in [0.4, 0.5) is 0 Å². The monoisotopic (exact) mass is 344 g/mol. The Morgan fingerprint density at radius 3 is 1.80 bits per heavy atom. The molecule has 0 aromatic carbocycles. The number of carbonyl (C=O) groups is 1. The van der Waals surface area contributed by atoms with E-state index >= 15 is 0 Å². The van der Waals surface area contributed by atoms with Crippen LogP contribution >= 0.6 is 0 Å². The van der Waals surface area contributed by atoms with Gasteiger partial charge in [0.25, 0.3) is 0 Å². The van der Waals surface area contributed by atoms with Crippen molar-refractivity contribution in [3.63, 3.8) is 0 Å². The topological polar surface area (TPSA) is 26.3 Å². The van der Waals surface area contributed by atoms with E-state index in [0.717, 1.165) is 0 Å². The fourth-order valence-electron chi connectivity index (χ4n) is 2.28. The van der Waals surface area contributed by atoms with E-state index in [4.69, 9.17) is 4.74 Å². The van der Waals surface area contributed by atoms with E-state index < -0.39 is 0 Å². The van der Waals surface area contributed by atoms with Crippen molar-refractivity contribution in [2.75, 3.05) is 6.61 Å². The molecule has 0 heterocycles. The van der Waals surface area contributed by atoms with Gasteiger partial charge >= 0.3 is 5.97 Å². The molecule has 0 aromatic rings. The Balaban J connectivity index is 3.54. The number of hydrogen-bond acceptors (Lipinski definition) is 2. The first-order chi connectivity index (χ1) is 12.3. The maximum atomic E-state index is 11.0. The van der Waals surface area contributed by atoms with Crippen LogP contribution in [0, 0.1) is 0 Å². The van der Waals surface area contributed by atoms with Crippen LogP contribution in [0.3, 0.4) is 0 Å². The summed E-state index contributed by atoms with van der Waals surface area (Å²) in [5, 5.41) is 0. The zero-order valence-corrected chi connectivity index (χ0v) is 16.2. The Bertz CT molecular complexity index is 439. The molecule has 0 aliphatic carbocycles. The summed E-state index contributed by atoms with van der Waals surface area (Å²) >= 11 is 0. The van der Waals surface area contributed by atoms with E-state index in [1.165, 1.54) is 63.9 Å². The standard InChI is InChI=1S/C23H36O2/c1-3-5-6-7-8-9-10-11-12-13-14-15-16-17-18-19-20-21-22-23(24)25-4-2/h13-22H,3-12H2,1-2H3. The highest BCUT2D eigenvalue weighted by Gasteiger charge is 1.90. The molecule has 0 radical (unpaired) electrons. The van der Waals surface area contributed by atoms with Gasteiger partial charge in [-0.05, 0) is 19.8 Å². The number of allylic oxidation sites excluding steroid dienone is 9. The second-order valence-electron chi connectivity index (χ2n) is 5.96. The molecule has 140 valence electrons. The molecule has 0 aliphatic heterocycles. The van der Waals surface area contributed by atoms with Gasteiger partial charge in [-0.2, -0.15) is 0 Å². The molecule has 25 heavy (non-hydrogen) atoms. The van der Waals surface area contributed by atoms with Gasteiger partial charge in [0.05, 0.1) is 6.61 Å². The summed E-state index contributed by atoms with van der Waals surface area (Å²) in [6, 6.07) is 0. The van der Waals surface area contributed by atoms with Crippen LogP contribution in [0.5, 0.6) is 0 Å². The molecule has 0 rings (SSSR count). The van der Waals surface area contributed by atoms with Crippen LogP contribution in [0.25, 0.3) is 0 Å². The van der Waals surface area contributed by atoms with Gasteiger partial charge in [-0.3, -0.25) is 0 Å². The van der Waals surface area contributed by atoms with Gasteiger partial charge in [-0.25, -0.2) is 4.79 Å². The Labute approximate surface area is 155 Å². The van der Waals surface area contributed by atoms with Crippen LogP contribution in [0.15, 0.2) is 60.8 Å². The highest BCUT2D eigenvalue weighted by atomic mass is 16.5. The van der Waals surface area contributed by atoms with Gasteiger partial charge in [-0.1, -0.05) is 107 Å². The zero-order valence-electron chi connectivity index (χ0n) is 16.2. The number of carbonyl (C=O) groups excluding carboxylic acids is 1. The van der Waals surface area contributed by atoms with Gasteiger partial charge in [0.2, 0.25) is 0 Å². The summed E-state index contributed by atoms with van der Waals surface area (Å²) in [7, 11) is 0. The number of hydrogen-bond donors (Lipinski definition) is 0. The molecule has 0 aliphatic rings. The molecule has 2 nitrogen and oxygen atoms in total. The second kappa shape index (κ2) is 20.2. The van der Waals surface area contributed by atoms with E-state index in [1.807, 2.05) is 30.4 Å². The molecule has 0 N–H and O–H groups in total. The average Bonchev–Trinajstić information content (AvgIpc) is 2.61. The molecule has 0 saturated carbocycles. The maximum absolute atomic E-state index is 11.0. The lowest BCUT2D eigenvalue weighted by atomic mass is 10.1. The minimum atomic E-state index is -0.308. The summed E-state index contributed by atoms with van der Waals surface area (Å²) in [5.74, 6) is -0.308. The van der Waals surface area contributed by atoms with Crippen LogP contribution < -0.4 is 0 Å². The first-order valence-electron chi connectivity index (χ1n) is 9.81. The molecular weight excluding hydrogens is 308 g/mol. The largest absolute Gasteiger partial charge is 0.463 e. The Kier molecular flexibility index (Phi) is 18.7. The fourth-order valence-corrected chi connectivity index (χ4v) is 2.28. The van der Waals surface area contributed by atoms with Crippen molar-refractivity contribution in [1.29, 1.82) is 0 Å². The minimum absolute atomic E-state index is 0.308. The van der Waals surface area contributed by atoms with E-state index in [0.29, 0.717) is 6.61 Å². The summed E-state index contributed by atoms with van der Waals surface area (Å²) in [6.45, 7) is 4.46. The lowest BCUT2D eigenvalue weighted by Gasteiger charge is -1.99. The zero-order chi connectivity index (χ0) is 18.4. The number of unbranched alkanes of at least 4 members (excludes halogenated alkanes) is 8. The molecule has 0 bridgehead atoms. The van der Waals surface area contributed by atoms with E-state index in [-0.39, 0.29) is 5.97 Å². The first-order valence-corrected chi connectivity index (χ1v) is 9.81. The minimum Gasteiger partial charge on any atom is -0.463 e. The molecule has 2 heteroatoms. The third-order valence-electron chi connectivity index (χ3n) is 3.66. The lowest BCUT2D eigenvalue weighted by molar-refractivity contribution is -0.137. The normalized spacial score (nSPS) is 12.6. The second-order valence-corrected chi connectivity index (χ2v) is 5.96. The third-order valence-corrected chi connectivity index (χ3v) is 3.66. The van der Waals surface area contributed by atoms with E-state index in [9.17, 15) is 4.79 Å². The van der Waals surface area contributed by atoms with Gasteiger partial charge in [0.15, 0.2) is 0 Å². The summed E-state index contributed by atoms with van der Waals surface area (Å²) < 4.78 is 4.78. The molecule has 0 atom stereocenters. The molecule has 0 unspecified atom stereocenters. The number of rotatable bonds is 15. The highest BCUT2D eigenvalue weighted by Crippen LogP contribution is 2.09. The molecule has 0 spiro atoms. The van der Waals surface area contributed by atoms with E-state index in [2.05, 4.69) is 19.1 Å². The van der Waals surface area contributed by atoms with Crippen LogP contribution in [-0.2, 0) is 9.53 Å². The predicted octanol–water partition coefficient (Wildman–Crippen LogP) is 6.86. The SMILES string of the molecule is CCCCCCCCCCC=CC=CC=CC=CC=CC(=O)OCC. The quantitative estimate of drug-likeness (QED) is 0.140. The van der Waals surface area contributed by atoms with Crippen LogP contribution in [-0.4, -0.2) is 12.6 Å². The lowest BCUT2D eigenvalue weighted by Crippen LogP contribution is -1.98. The van der Waals surface area contributed by atoms with Gasteiger partial charge in [0, 0.05) is 6.08 Å². The molecule has 0 saturated heterocycles. The molecule has 0 aromatic heterocycles.